The molecule has 0 bridgehead atoms. The SMILES string of the molecule is COc1ccc(S(=O)(=O)N(CCO)CCO[C@@H]2C[C@H](c3ccsc3)C=C(C(=O)N3CCN(Cc4ccccc4)CC3)O2)cc1. The fourth-order valence-corrected chi connectivity index (χ4v) is 7.52. The van der Waals surface area contributed by atoms with Crippen molar-refractivity contribution in [2.45, 2.75) is 30.1 Å². The number of nitrogens with zero attached hydrogens (tertiary/aromatic N) is 3. The molecule has 0 saturated carbocycles. The smallest absolute Gasteiger partial charge is 0.288 e. The molecule has 3 aromatic rings. The van der Waals surface area contributed by atoms with E-state index in [0.29, 0.717) is 25.3 Å². The minimum Gasteiger partial charge on any atom is -0.497 e. The van der Waals surface area contributed by atoms with Crippen LogP contribution in [-0.4, -0.2) is 99.4 Å². The highest BCUT2D eigenvalue weighted by Gasteiger charge is 2.33. The molecular formula is C32H39N3O7S2. The van der Waals surface area contributed by atoms with Gasteiger partial charge in [0, 0.05) is 58.2 Å². The van der Waals surface area contributed by atoms with Crippen molar-refractivity contribution in [2.24, 2.45) is 0 Å². The largest absolute Gasteiger partial charge is 0.497 e. The molecule has 2 aliphatic heterocycles. The third kappa shape index (κ3) is 8.06. The van der Waals surface area contributed by atoms with Crippen molar-refractivity contribution in [1.82, 2.24) is 14.1 Å². The molecule has 12 heteroatoms. The maximum absolute atomic E-state index is 13.6. The van der Waals surface area contributed by atoms with Gasteiger partial charge in [0.25, 0.3) is 5.91 Å². The van der Waals surface area contributed by atoms with E-state index in [0.717, 1.165) is 25.2 Å². The fourth-order valence-electron chi connectivity index (χ4n) is 5.38. The Kier molecular flexibility index (Phi) is 11.1. The van der Waals surface area contributed by atoms with E-state index in [9.17, 15) is 18.3 Å². The van der Waals surface area contributed by atoms with Gasteiger partial charge in [0.2, 0.25) is 16.3 Å². The van der Waals surface area contributed by atoms with Gasteiger partial charge < -0.3 is 24.2 Å². The summed E-state index contributed by atoms with van der Waals surface area (Å²) in [5, 5.41) is 13.6. The van der Waals surface area contributed by atoms with Crippen LogP contribution >= 0.6 is 11.3 Å². The van der Waals surface area contributed by atoms with Crippen LogP contribution in [0.1, 0.15) is 23.5 Å². The Morgan fingerprint density at radius 2 is 1.80 bits per heavy atom. The van der Waals surface area contributed by atoms with Crippen molar-refractivity contribution >= 4 is 27.3 Å². The van der Waals surface area contributed by atoms with E-state index < -0.39 is 16.3 Å². The number of carbonyl (C=O) groups excluding carboxylic acids is 1. The number of hydrogen-bond donors (Lipinski definition) is 1. The van der Waals surface area contributed by atoms with Gasteiger partial charge in [0.15, 0.2) is 5.76 Å². The lowest BCUT2D eigenvalue weighted by Gasteiger charge is -2.36. The van der Waals surface area contributed by atoms with Gasteiger partial charge in [-0.1, -0.05) is 30.3 Å². The summed E-state index contributed by atoms with van der Waals surface area (Å²) in [6.45, 7) is 3.19. The Bertz CT molecular complexity index is 1470. The predicted molar refractivity (Wildman–Crippen MR) is 168 cm³/mol. The monoisotopic (exact) mass is 641 g/mol. The summed E-state index contributed by atoms with van der Waals surface area (Å²) in [5.41, 5.74) is 2.33. The number of methoxy groups -OCH3 is 1. The number of rotatable bonds is 13. The second kappa shape index (κ2) is 15.2. The first-order chi connectivity index (χ1) is 21.4. The summed E-state index contributed by atoms with van der Waals surface area (Å²) < 4.78 is 45.0. The Labute approximate surface area is 263 Å². The van der Waals surface area contributed by atoms with Gasteiger partial charge >= 0.3 is 0 Å². The van der Waals surface area contributed by atoms with E-state index in [2.05, 4.69) is 22.4 Å². The minimum atomic E-state index is -3.88. The summed E-state index contributed by atoms with van der Waals surface area (Å²) >= 11 is 1.59. The molecule has 0 aliphatic carbocycles. The van der Waals surface area contributed by atoms with E-state index in [1.54, 1.807) is 23.5 Å². The molecule has 1 N–H and O–H groups in total. The van der Waals surface area contributed by atoms with E-state index in [1.165, 1.54) is 29.1 Å². The molecule has 2 aromatic carbocycles. The van der Waals surface area contributed by atoms with Crippen molar-refractivity contribution in [2.75, 3.05) is 59.6 Å². The van der Waals surface area contributed by atoms with Crippen molar-refractivity contribution in [1.29, 1.82) is 0 Å². The first-order valence-electron chi connectivity index (χ1n) is 14.7. The molecular weight excluding hydrogens is 603 g/mol. The second-order valence-electron chi connectivity index (χ2n) is 10.7. The number of hydrogen-bond acceptors (Lipinski definition) is 9. The summed E-state index contributed by atoms with van der Waals surface area (Å²) in [4.78, 5) is 17.9. The maximum atomic E-state index is 13.6. The quantitative estimate of drug-likeness (QED) is 0.302. The average Bonchev–Trinajstić information content (AvgIpc) is 3.60. The topological polar surface area (TPSA) is 109 Å². The van der Waals surface area contributed by atoms with Crippen LogP contribution in [-0.2, 0) is 30.8 Å². The Balaban J connectivity index is 1.21. The van der Waals surface area contributed by atoms with Gasteiger partial charge in [-0.15, -0.1) is 0 Å². The van der Waals surface area contributed by atoms with Crippen LogP contribution < -0.4 is 4.74 Å². The first-order valence-corrected chi connectivity index (χ1v) is 17.1. The number of carbonyl (C=O) groups is 1. The number of aliphatic hydroxyl groups excluding tert-OH is 1. The lowest BCUT2D eigenvalue weighted by atomic mass is 9.95. The minimum absolute atomic E-state index is 0.00820. The number of amides is 1. The van der Waals surface area contributed by atoms with E-state index in [1.807, 2.05) is 40.6 Å². The van der Waals surface area contributed by atoms with Crippen LogP contribution in [0, 0.1) is 0 Å². The average molecular weight is 642 g/mol. The van der Waals surface area contributed by atoms with Gasteiger partial charge in [0.05, 0.1) is 25.2 Å². The Hall–Kier alpha value is -3.26. The molecule has 1 saturated heterocycles. The number of benzene rings is 2. The molecule has 0 spiro atoms. The molecule has 1 fully saturated rings. The van der Waals surface area contributed by atoms with Gasteiger partial charge in [0.1, 0.15) is 5.75 Å². The van der Waals surface area contributed by atoms with Crippen LogP contribution in [0.15, 0.2) is 88.2 Å². The van der Waals surface area contributed by atoms with Gasteiger partial charge in [-0.05, 0) is 58.3 Å². The molecule has 0 unspecified atom stereocenters. The van der Waals surface area contributed by atoms with Crippen molar-refractivity contribution < 1.29 is 32.5 Å². The highest BCUT2D eigenvalue weighted by atomic mass is 32.2. The molecule has 236 valence electrons. The number of piperazine rings is 1. The fraction of sp³-hybridized carbons (Fsp3) is 0.406. The van der Waals surface area contributed by atoms with Crippen LogP contribution in [0.4, 0.5) is 0 Å². The molecule has 2 aliphatic rings. The zero-order valence-corrected chi connectivity index (χ0v) is 26.4. The Morgan fingerprint density at radius 1 is 1.05 bits per heavy atom. The van der Waals surface area contributed by atoms with E-state index in [-0.39, 0.29) is 48.8 Å². The number of aliphatic hydroxyl groups is 1. The normalized spacial score (nSPS) is 19.4. The lowest BCUT2D eigenvalue weighted by Crippen LogP contribution is -2.49. The number of sulfonamides is 1. The molecule has 0 radical (unpaired) electrons. The molecule has 10 nitrogen and oxygen atoms in total. The third-order valence-electron chi connectivity index (χ3n) is 7.84. The third-order valence-corrected chi connectivity index (χ3v) is 10.5. The zero-order chi connectivity index (χ0) is 30.9. The van der Waals surface area contributed by atoms with Crippen LogP contribution in [0.3, 0.4) is 0 Å². The number of thiophene rings is 1. The molecule has 1 aromatic heterocycles. The maximum Gasteiger partial charge on any atom is 0.288 e. The van der Waals surface area contributed by atoms with Gasteiger partial charge in [-0.2, -0.15) is 15.6 Å². The predicted octanol–water partition coefficient (Wildman–Crippen LogP) is 3.51. The summed E-state index contributed by atoms with van der Waals surface area (Å²) in [6, 6.07) is 18.4. The van der Waals surface area contributed by atoms with Crippen molar-refractivity contribution in [3.05, 3.63) is 94.4 Å². The molecule has 1 amide bonds. The Morgan fingerprint density at radius 3 is 2.45 bits per heavy atom. The zero-order valence-electron chi connectivity index (χ0n) is 24.8. The standard InChI is InChI=1S/C32H39N3O7S2/c1-40-28-7-9-29(10-8-28)44(38,39)35(16-18-36)17-19-41-31-22-27(26-11-20-43-24-26)21-30(42-31)32(37)34-14-12-33(13-15-34)23-25-5-3-2-4-6-25/h2-11,20-21,24,27,31,36H,12-19,22-23H2,1H3/t27-,31+/m1/s1. The summed E-state index contributed by atoms with van der Waals surface area (Å²) in [6.07, 6.45) is 1.64. The second-order valence-corrected chi connectivity index (χ2v) is 13.4. The lowest BCUT2D eigenvalue weighted by molar-refractivity contribution is -0.154. The molecule has 2 atom stereocenters. The van der Waals surface area contributed by atoms with Gasteiger partial charge in [-0.3, -0.25) is 9.69 Å². The first kappa shape index (κ1) is 32.1. The van der Waals surface area contributed by atoms with Crippen LogP contribution in [0.5, 0.6) is 5.75 Å². The summed E-state index contributed by atoms with van der Waals surface area (Å²) in [7, 11) is -2.37. The number of ether oxygens (including phenoxy) is 3. The highest BCUT2D eigenvalue weighted by Crippen LogP contribution is 2.33. The van der Waals surface area contributed by atoms with E-state index in [4.69, 9.17) is 14.2 Å². The highest BCUT2D eigenvalue weighted by molar-refractivity contribution is 7.89. The molecule has 3 heterocycles. The van der Waals surface area contributed by atoms with Crippen LogP contribution in [0.2, 0.25) is 0 Å². The summed E-state index contributed by atoms with van der Waals surface area (Å²) in [5.74, 6) is 0.562. The van der Waals surface area contributed by atoms with Crippen molar-refractivity contribution in [3.8, 4) is 5.75 Å². The van der Waals surface area contributed by atoms with Crippen molar-refractivity contribution in [3.63, 3.8) is 0 Å². The molecule has 5 rings (SSSR count). The van der Waals surface area contributed by atoms with E-state index >= 15 is 0 Å². The molecule has 44 heavy (non-hydrogen) atoms. The number of allylic oxidation sites excluding steroid dienone is 1. The van der Waals surface area contributed by atoms with Gasteiger partial charge in [-0.25, -0.2) is 8.42 Å². The van der Waals surface area contributed by atoms with Crippen LogP contribution in [0.25, 0.3) is 0 Å².